The fourth-order valence-electron chi connectivity index (χ4n) is 1.76. The highest BCUT2D eigenvalue weighted by Crippen LogP contribution is 2.21. The van der Waals surface area contributed by atoms with E-state index in [0.717, 1.165) is 12.8 Å². The smallest absolute Gasteiger partial charge is 0.326 e. The van der Waals surface area contributed by atoms with E-state index in [1.54, 1.807) is 17.2 Å². The minimum Gasteiger partial charge on any atom is -0.468 e. The van der Waals surface area contributed by atoms with E-state index in [4.69, 9.17) is 21.2 Å². The summed E-state index contributed by atoms with van der Waals surface area (Å²) in [6.45, 7) is 0.685. The normalized spacial score (nSPS) is 20.2. The second kappa shape index (κ2) is 5.33. The SMILES string of the molecule is COC(=O)C1CCCN1Oc1ccc(Cl)cn1. The lowest BCUT2D eigenvalue weighted by Gasteiger charge is -2.21. The van der Waals surface area contributed by atoms with E-state index < -0.39 is 0 Å². The standard InChI is InChI=1S/C11H13ClN2O3/c1-16-11(15)9-3-2-6-14(9)17-10-5-4-8(12)7-13-10/h4-5,7,9H,2-3,6H2,1H3. The Morgan fingerprint density at radius 1 is 1.59 bits per heavy atom. The molecule has 1 aliphatic rings. The zero-order chi connectivity index (χ0) is 12.3. The van der Waals surface area contributed by atoms with Crippen LogP contribution >= 0.6 is 11.6 Å². The lowest BCUT2D eigenvalue weighted by molar-refractivity contribution is -0.158. The van der Waals surface area contributed by atoms with E-state index >= 15 is 0 Å². The number of hydrogen-bond acceptors (Lipinski definition) is 5. The largest absolute Gasteiger partial charge is 0.468 e. The summed E-state index contributed by atoms with van der Waals surface area (Å²) in [5.74, 6) is 0.140. The fraction of sp³-hybridized carbons (Fsp3) is 0.455. The third-order valence-electron chi connectivity index (χ3n) is 2.59. The number of nitrogens with zero attached hydrogens (tertiary/aromatic N) is 2. The number of carbonyl (C=O) groups is 1. The summed E-state index contributed by atoms with van der Waals surface area (Å²) in [7, 11) is 1.37. The quantitative estimate of drug-likeness (QED) is 0.770. The Morgan fingerprint density at radius 3 is 3.06 bits per heavy atom. The van der Waals surface area contributed by atoms with Crippen molar-refractivity contribution in [2.75, 3.05) is 13.7 Å². The first-order valence-corrected chi connectivity index (χ1v) is 5.72. The zero-order valence-electron chi connectivity index (χ0n) is 9.43. The fourth-order valence-corrected chi connectivity index (χ4v) is 1.87. The van der Waals surface area contributed by atoms with Gasteiger partial charge < -0.3 is 9.57 Å². The minimum absolute atomic E-state index is 0.281. The number of esters is 1. The third-order valence-corrected chi connectivity index (χ3v) is 2.81. The molecule has 2 rings (SSSR count). The topological polar surface area (TPSA) is 51.7 Å². The molecule has 17 heavy (non-hydrogen) atoms. The Hall–Kier alpha value is -1.33. The van der Waals surface area contributed by atoms with Crippen LogP contribution in [0.15, 0.2) is 18.3 Å². The van der Waals surface area contributed by atoms with Gasteiger partial charge in [0.1, 0.15) is 6.04 Å². The van der Waals surface area contributed by atoms with Crippen LogP contribution in [0.25, 0.3) is 0 Å². The minimum atomic E-state index is -0.350. The number of rotatable bonds is 3. The molecule has 92 valence electrons. The molecule has 6 heteroatoms. The second-order valence-corrected chi connectivity index (χ2v) is 4.16. The number of halogens is 1. The molecule has 1 fully saturated rings. The highest BCUT2D eigenvalue weighted by atomic mass is 35.5. The van der Waals surface area contributed by atoms with Crippen molar-refractivity contribution in [1.29, 1.82) is 0 Å². The Morgan fingerprint density at radius 2 is 2.41 bits per heavy atom. The van der Waals surface area contributed by atoms with Gasteiger partial charge in [0.05, 0.1) is 12.1 Å². The molecule has 0 bridgehead atoms. The van der Waals surface area contributed by atoms with Gasteiger partial charge in [-0.3, -0.25) is 4.79 Å². The van der Waals surface area contributed by atoms with Crippen LogP contribution in [0.4, 0.5) is 0 Å². The van der Waals surface area contributed by atoms with Crippen LogP contribution < -0.4 is 4.84 Å². The van der Waals surface area contributed by atoms with Gasteiger partial charge >= 0.3 is 5.97 Å². The van der Waals surface area contributed by atoms with Crippen molar-refractivity contribution < 1.29 is 14.4 Å². The molecule has 0 N–H and O–H groups in total. The predicted molar refractivity (Wildman–Crippen MR) is 61.6 cm³/mol. The molecule has 0 radical (unpaired) electrons. The van der Waals surface area contributed by atoms with E-state index in [2.05, 4.69) is 4.98 Å². The van der Waals surface area contributed by atoms with E-state index in [1.807, 2.05) is 0 Å². The van der Waals surface area contributed by atoms with Gasteiger partial charge in [0.15, 0.2) is 0 Å². The summed E-state index contributed by atoms with van der Waals surface area (Å²) in [4.78, 5) is 21.0. The van der Waals surface area contributed by atoms with Gasteiger partial charge in [-0.1, -0.05) is 11.6 Å². The summed E-state index contributed by atoms with van der Waals surface area (Å²) in [5.41, 5.74) is 0. The number of carbonyl (C=O) groups excluding carboxylic acids is 1. The maximum Gasteiger partial charge on any atom is 0.326 e. The van der Waals surface area contributed by atoms with Crippen molar-refractivity contribution >= 4 is 17.6 Å². The van der Waals surface area contributed by atoms with Gasteiger partial charge in [-0.25, -0.2) is 4.98 Å². The average molecular weight is 257 g/mol. The summed E-state index contributed by atoms with van der Waals surface area (Å²) < 4.78 is 4.72. The Bertz CT molecular complexity index is 396. The molecule has 1 aliphatic heterocycles. The van der Waals surface area contributed by atoms with Gasteiger partial charge in [0.25, 0.3) is 0 Å². The van der Waals surface area contributed by atoms with Gasteiger partial charge in [-0.2, -0.15) is 0 Å². The third kappa shape index (κ3) is 2.87. The molecule has 0 aromatic carbocycles. The average Bonchev–Trinajstić information content (AvgIpc) is 2.79. The molecule has 1 unspecified atom stereocenters. The van der Waals surface area contributed by atoms with Crippen LogP contribution in [0.3, 0.4) is 0 Å². The molecular weight excluding hydrogens is 244 g/mol. The first-order valence-electron chi connectivity index (χ1n) is 5.34. The van der Waals surface area contributed by atoms with Crippen molar-refractivity contribution in [3.05, 3.63) is 23.4 Å². The van der Waals surface area contributed by atoms with Crippen molar-refractivity contribution in [3.63, 3.8) is 0 Å². The number of hydrogen-bond donors (Lipinski definition) is 0. The van der Waals surface area contributed by atoms with Crippen LogP contribution in [0.2, 0.25) is 5.02 Å². The van der Waals surface area contributed by atoms with Gasteiger partial charge in [0.2, 0.25) is 5.88 Å². The molecule has 0 saturated carbocycles. The van der Waals surface area contributed by atoms with Crippen LogP contribution in [0.5, 0.6) is 5.88 Å². The van der Waals surface area contributed by atoms with Crippen molar-refractivity contribution in [1.82, 2.24) is 10.0 Å². The molecule has 1 atom stereocenters. The highest BCUT2D eigenvalue weighted by molar-refractivity contribution is 6.30. The van der Waals surface area contributed by atoms with Crippen LogP contribution in [0, 0.1) is 0 Å². The first-order chi connectivity index (χ1) is 8.20. The summed E-state index contributed by atoms with van der Waals surface area (Å²) in [5, 5.41) is 2.14. The molecule has 1 aromatic rings. The molecule has 0 aliphatic carbocycles. The maximum absolute atomic E-state index is 11.5. The Labute approximate surface area is 104 Å². The van der Waals surface area contributed by atoms with Crippen LogP contribution in [-0.2, 0) is 9.53 Å². The summed E-state index contributed by atoms with van der Waals surface area (Å²) in [6.07, 6.45) is 3.13. The molecule has 5 nitrogen and oxygen atoms in total. The predicted octanol–water partition coefficient (Wildman–Crippen LogP) is 1.67. The molecule has 1 aromatic heterocycles. The second-order valence-electron chi connectivity index (χ2n) is 3.73. The Kier molecular flexibility index (Phi) is 3.81. The molecule has 1 saturated heterocycles. The van der Waals surface area contributed by atoms with Crippen LogP contribution in [-0.4, -0.2) is 35.7 Å². The molecule has 0 spiro atoms. The van der Waals surface area contributed by atoms with E-state index in [-0.39, 0.29) is 12.0 Å². The molecule has 0 amide bonds. The number of pyridine rings is 1. The summed E-state index contributed by atoms with van der Waals surface area (Å²) >= 11 is 5.72. The van der Waals surface area contributed by atoms with Crippen molar-refractivity contribution in [3.8, 4) is 5.88 Å². The number of methoxy groups -OCH3 is 1. The van der Waals surface area contributed by atoms with E-state index in [0.29, 0.717) is 17.4 Å². The Balaban J connectivity index is 2.02. The molecule has 2 heterocycles. The summed E-state index contributed by atoms with van der Waals surface area (Å²) in [6, 6.07) is 3.00. The number of hydroxylamine groups is 2. The van der Waals surface area contributed by atoms with Gasteiger partial charge in [-0.15, -0.1) is 5.06 Å². The van der Waals surface area contributed by atoms with Crippen molar-refractivity contribution in [2.45, 2.75) is 18.9 Å². The monoisotopic (exact) mass is 256 g/mol. The van der Waals surface area contributed by atoms with Gasteiger partial charge in [0, 0.05) is 18.8 Å². The lowest BCUT2D eigenvalue weighted by Crippen LogP contribution is -2.39. The number of ether oxygens (including phenoxy) is 1. The van der Waals surface area contributed by atoms with Crippen LogP contribution in [0.1, 0.15) is 12.8 Å². The van der Waals surface area contributed by atoms with Gasteiger partial charge in [-0.05, 0) is 18.9 Å². The van der Waals surface area contributed by atoms with E-state index in [1.165, 1.54) is 13.3 Å². The lowest BCUT2D eigenvalue weighted by atomic mass is 10.2. The van der Waals surface area contributed by atoms with E-state index in [9.17, 15) is 4.79 Å². The number of aromatic nitrogens is 1. The van der Waals surface area contributed by atoms with Crippen molar-refractivity contribution in [2.24, 2.45) is 0 Å². The first kappa shape index (κ1) is 12.1. The maximum atomic E-state index is 11.5. The zero-order valence-corrected chi connectivity index (χ0v) is 10.2. The highest BCUT2D eigenvalue weighted by Gasteiger charge is 2.33. The molecular formula is C11H13ClN2O3.